The van der Waals surface area contributed by atoms with Gasteiger partial charge in [0.2, 0.25) is 0 Å². The average molecular weight is 394 g/mol. The molecule has 0 saturated carbocycles. The first-order valence-corrected chi connectivity index (χ1v) is 8.88. The Morgan fingerprint density at radius 2 is 2.03 bits per heavy atom. The molecular formula is C21H21FN5O2+. The molecule has 4 N–H and O–H groups in total. The number of nitrogens with one attached hydrogen (secondary N) is 2. The van der Waals surface area contributed by atoms with Gasteiger partial charge in [0.05, 0.1) is 11.9 Å². The number of benzene rings is 2. The number of nitrogens with zero attached hydrogens (tertiary/aromatic N) is 2. The Morgan fingerprint density at radius 1 is 1.21 bits per heavy atom. The van der Waals surface area contributed by atoms with E-state index in [4.69, 9.17) is 10.6 Å². The van der Waals surface area contributed by atoms with Crippen molar-refractivity contribution in [3.05, 3.63) is 77.2 Å². The number of aryl methyl sites for hydroxylation is 2. The molecule has 1 aromatic heterocycles. The van der Waals surface area contributed by atoms with Gasteiger partial charge in [-0.05, 0) is 54.8 Å². The van der Waals surface area contributed by atoms with E-state index in [-0.39, 0.29) is 5.82 Å². The van der Waals surface area contributed by atoms with E-state index in [1.54, 1.807) is 12.1 Å². The highest BCUT2D eigenvalue weighted by molar-refractivity contribution is 5.84. The molecule has 0 aliphatic rings. The highest BCUT2D eigenvalue weighted by atomic mass is 19.1. The fourth-order valence-electron chi connectivity index (χ4n) is 2.87. The van der Waals surface area contributed by atoms with Crippen molar-refractivity contribution in [1.29, 1.82) is 0 Å². The Kier molecular flexibility index (Phi) is 6.13. The van der Waals surface area contributed by atoms with Crippen LogP contribution < -0.4 is 21.0 Å². The molecule has 3 aromatic rings. The zero-order valence-electron chi connectivity index (χ0n) is 16.1. The quantitative estimate of drug-likeness (QED) is 0.352. The second kappa shape index (κ2) is 8.92. The number of amides is 2. The van der Waals surface area contributed by atoms with Crippen molar-refractivity contribution in [2.45, 2.75) is 20.5 Å². The molecule has 0 radical (unpaired) electrons. The van der Waals surface area contributed by atoms with Crippen molar-refractivity contribution in [2.24, 2.45) is 11.1 Å². The van der Waals surface area contributed by atoms with Crippen LogP contribution in [-0.2, 0) is 6.61 Å². The van der Waals surface area contributed by atoms with E-state index in [0.717, 1.165) is 22.3 Å². The molecule has 2 aromatic carbocycles. The van der Waals surface area contributed by atoms with Gasteiger partial charge in [-0.2, -0.15) is 0 Å². The number of hydrogen-bond donors (Lipinski definition) is 3. The Morgan fingerprint density at radius 3 is 2.72 bits per heavy atom. The van der Waals surface area contributed by atoms with E-state index < -0.39 is 6.03 Å². The fourth-order valence-corrected chi connectivity index (χ4v) is 2.87. The molecule has 148 valence electrons. The van der Waals surface area contributed by atoms with E-state index in [1.807, 2.05) is 44.2 Å². The summed E-state index contributed by atoms with van der Waals surface area (Å²) in [5.74, 6) is 5.15. The highest BCUT2D eigenvalue weighted by Gasteiger charge is 2.14. The van der Waals surface area contributed by atoms with Gasteiger partial charge >= 0.3 is 6.03 Å². The minimum absolute atomic E-state index is 0.311. The Bertz CT molecular complexity index is 1050. The summed E-state index contributed by atoms with van der Waals surface area (Å²) < 4.78 is 19.1. The summed E-state index contributed by atoms with van der Waals surface area (Å²) in [7, 11) is 0. The maximum Gasteiger partial charge on any atom is 0.457 e. The van der Waals surface area contributed by atoms with Crippen molar-refractivity contribution < 1.29 is 19.0 Å². The van der Waals surface area contributed by atoms with Crippen LogP contribution in [0.4, 0.5) is 14.9 Å². The van der Waals surface area contributed by atoms with Crippen LogP contribution in [0.1, 0.15) is 16.7 Å². The van der Waals surface area contributed by atoms with E-state index in [0.29, 0.717) is 23.7 Å². The lowest BCUT2D eigenvalue weighted by Crippen LogP contribution is -2.73. The summed E-state index contributed by atoms with van der Waals surface area (Å²) in [4.78, 5) is 15.8. The number of urea groups is 1. The largest absolute Gasteiger partial charge is 0.485 e. The number of para-hydroxylation sites is 1. The topological polar surface area (TPSA) is 104 Å². The van der Waals surface area contributed by atoms with Crippen molar-refractivity contribution in [2.75, 3.05) is 5.32 Å². The molecule has 0 unspecified atom stereocenters. The first-order valence-electron chi connectivity index (χ1n) is 8.88. The number of halogens is 1. The molecule has 0 bridgehead atoms. The zero-order chi connectivity index (χ0) is 20.8. The minimum Gasteiger partial charge on any atom is -0.485 e. The van der Waals surface area contributed by atoms with Gasteiger partial charge in [0.1, 0.15) is 18.1 Å². The summed E-state index contributed by atoms with van der Waals surface area (Å²) in [6.07, 6.45) is 1.20. The first kappa shape index (κ1) is 19.9. The predicted molar refractivity (Wildman–Crippen MR) is 106 cm³/mol. The van der Waals surface area contributed by atoms with E-state index in [1.165, 1.54) is 12.3 Å². The Labute approximate surface area is 167 Å². The molecule has 2 amide bonds. The summed E-state index contributed by atoms with van der Waals surface area (Å²) in [5, 5.41) is 7.87. The van der Waals surface area contributed by atoms with Crippen LogP contribution in [-0.4, -0.2) is 11.0 Å². The van der Waals surface area contributed by atoms with Crippen molar-refractivity contribution in [1.82, 2.24) is 4.98 Å². The zero-order valence-corrected chi connectivity index (χ0v) is 16.1. The van der Waals surface area contributed by atoms with Gasteiger partial charge in [-0.3, -0.25) is 4.98 Å². The number of anilines is 1. The number of rotatable bonds is 5. The molecular weight excluding hydrogens is 373 g/mol. The van der Waals surface area contributed by atoms with Gasteiger partial charge in [-0.15, -0.1) is 5.11 Å². The first-order chi connectivity index (χ1) is 14.0. The van der Waals surface area contributed by atoms with Crippen molar-refractivity contribution >= 4 is 11.7 Å². The molecule has 0 saturated heterocycles. The summed E-state index contributed by atoms with van der Waals surface area (Å²) in [6.45, 7) is 4.17. The molecule has 7 nitrogen and oxygen atoms in total. The standard InChI is InChI=1S/C21H20FN5O2/c1-13-4-3-5-19(25-21(28)26-27-23)20(13)29-12-16-7-6-15(10-14(16)2)18-9-8-17(22)11-24-18/h3-11H,12H2,1-2H3,(H3,23,25,26,28)/p+1. The number of nitrogens with two attached hydrogens (primary N) is 1. The van der Waals surface area contributed by atoms with Crippen LogP contribution in [0, 0.1) is 19.7 Å². The number of carbonyl (C=O) groups is 1. The predicted octanol–water partition coefficient (Wildman–Crippen LogP) is 3.02. The molecule has 1 heterocycles. The van der Waals surface area contributed by atoms with Gasteiger partial charge in [0.15, 0.2) is 5.75 Å². The highest BCUT2D eigenvalue weighted by Crippen LogP contribution is 2.30. The molecule has 0 spiro atoms. The van der Waals surface area contributed by atoms with E-state index >= 15 is 0 Å². The maximum atomic E-state index is 13.1. The third-order valence-electron chi connectivity index (χ3n) is 4.36. The number of pyridine rings is 1. The van der Waals surface area contributed by atoms with Crippen LogP contribution in [0.5, 0.6) is 5.75 Å². The molecule has 3 rings (SSSR count). The summed E-state index contributed by atoms with van der Waals surface area (Å²) >= 11 is 0. The number of aromatic nitrogens is 1. The van der Waals surface area contributed by atoms with Crippen LogP contribution in [0.15, 0.2) is 60.0 Å². The lowest BCUT2D eigenvalue weighted by molar-refractivity contribution is -0.423. The second-order valence-corrected chi connectivity index (χ2v) is 6.44. The van der Waals surface area contributed by atoms with E-state index in [9.17, 15) is 9.18 Å². The third kappa shape index (κ3) is 4.92. The van der Waals surface area contributed by atoms with Gasteiger partial charge in [-0.25, -0.2) is 20.3 Å². The lowest BCUT2D eigenvalue weighted by atomic mass is 10.0. The fraction of sp³-hybridized carbons (Fsp3) is 0.143. The second-order valence-electron chi connectivity index (χ2n) is 6.44. The Balaban J connectivity index is 1.78. The van der Waals surface area contributed by atoms with Gasteiger partial charge < -0.3 is 4.74 Å². The van der Waals surface area contributed by atoms with Crippen LogP contribution >= 0.6 is 0 Å². The minimum atomic E-state index is -0.560. The van der Waals surface area contributed by atoms with E-state index in [2.05, 4.69) is 20.6 Å². The van der Waals surface area contributed by atoms with Gasteiger partial charge in [0.25, 0.3) is 0 Å². The Hall–Kier alpha value is -3.81. The number of carbonyl (C=O) groups excluding carboxylic acids is 1. The molecule has 0 aliphatic carbocycles. The lowest BCUT2D eigenvalue weighted by Gasteiger charge is -2.14. The number of hydrogen-bond acceptors (Lipinski definition) is 4. The van der Waals surface area contributed by atoms with Crippen LogP contribution in [0.3, 0.4) is 0 Å². The molecule has 0 atom stereocenters. The van der Waals surface area contributed by atoms with Crippen LogP contribution in [0.25, 0.3) is 11.3 Å². The maximum absolute atomic E-state index is 13.1. The van der Waals surface area contributed by atoms with Crippen molar-refractivity contribution in [3.8, 4) is 17.0 Å². The van der Waals surface area contributed by atoms with Crippen molar-refractivity contribution in [3.63, 3.8) is 0 Å². The van der Waals surface area contributed by atoms with Gasteiger partial charge in [0, 0.05) is 10.8 Å². The molecule has 0 aliphatic heterocycles. The van der Waals surface area contributed by atoms with Crippen LogP contribution in [0.2, 0.25) is 0 Å². The SMILES string of the molecule is Cc1cc(-c2ccc(F)cn2)ccc1COc1c(C)cccc1NC(=O)/[NH+]=N\N. The molecule has 0 fully saturated rings. The average Bonchev–Trinajstić information content (AvgIpc) is 2.69. The summed E-state index contributed by atoms with van der Waals surface area (Å²) in [5.41, 5.74) is 4.96. The molecule has 8 heteroatoms. The van der Waals surface area contributed by atoms with Gasteiger partial charge in [-0.1, -0.05) is 24.3 Å². The third-order valence-corrected chi connectivity index (χ3v) is 4.36. The smallest absolute Gasteiger partial charge is 0.457 e. The number of ether oxygens (including phenoxy) is 1. The summed E-state index contributed by atoms with van der Waals surface area (Å²) in [6, 6.07) is 13.7. The normalized spacial score (nSPS) is 10.9. The molecule has 29 heavy (non-hydrogen) atoms. The monoisotopic (exact) mass is 394 g/mol.